The average molecular weight is 891 g/mol. The molecule has 0 aliphatic heterocycles. The highest BCUT2D eigenvalue weighted by Gasteiger charge is 2.19. The van der Waals surface area contributed by atoms with Gasteiger partial charge in [-0.05, 0) is 122 Å². The fourth-order valence-electron chi connectivity index (χ4n) is 5.64. The van der Waals surface area contributed by atoms with E-state index < -0.39 is 18.0 Å². The number of hydrogen-bond acceptors (Lipinski definition) is 6. The lowest BCUT2D eigenvalue weighted by molar-refractivity contribution is -0.166. The van der Waals surface area contributed by atoms with Crippen LogP contribution in [0.25, 0.3) is 0 Å². The van der Waals surface area contributed by atoms with Crippen LogP contribution in [0.4, 0.5) is 0 Å². The highest BCUT2D eigenvalue weighted by molar-refractivity contribution is 5.71. The van der Waals surface area contributed by atoms with Crippen molar-refractivity contribution in [1.82, 2.24) is 0 Å². The van der Waals surface area contributed by atoms with Crippen molar-refractivity contribution in [2.24, 2.45) is 0 Å². The Labute approximate surface area is 396 Å². The number of rotatable bonds is 41. The highest BCUT2D eigenvalue weighted by atomic mass is 16.6. The quantitative estimate of drug-likeness (QED) is 0.0263. The summed E-state index contributed by atoms with van der Waals surface area (Å²) in [6.45, 7) is 6.08. The minimum Gasteiger partial charge on any atom is -0.462 e. The molecule has 0 aliphatic rings. The Hall–Kier alpha value is -5.23. The largest absolute Gasteiger partial charge is 0.462 e. The first-order valence-corrected chi connectivity index (χ1v) is 24.6. The van der Waals surface area contributed by atoms with E-state index in [0.717, 1.165) is 103 Å². The molecule has 0 radical (unpaired) electrons. The number of carbonyl (C=O) groups excluding carboxylic acids is 3. The van der Waals surface area contributed by atoms with Crippen LogP contribution in [0.3, 0.4) is 0 Å². The Morgan fingerprint density at radius 3 is 0.862 bits per heavy atom. The minimum absolute atomic E-state index is 0.160. The molecule has 1 atom stereocenters. The van der Waals surface area contributed by atoms with Gasteiger partial charge >= 0.3 is 17.9 Å². The molecule has 0 saturated carbocycles. The van der Waals surface area contributed by atoms with Crippen LogP contribution in [0.15, 0.2) is 170 Å². The van der Waals surface area contributed by atoms with Gasteiger partial charge in [0.1, 0.15) is 13.2 Å². The summed E-state index contributed by atoms with van der Waals surface area (Å²) in [7, 11) is 0. The molecule has 0 aliphatic carbocycles. The highest BCUT2D eigenvalue weighted by Crippen LogP contribution is 2.08. The zero-order valence-electron chi connectivity index (χ0n) is 40.7. The third-order valence-corrected chi connectivity index (χ3v) is 9.21. The second-order valence-electron chi connectivity index (χ2n) is 15.2. The second kappa shape index (κ2) is 51.4. The summed E-state index contributed by atoms with van der Waals surface area (Å²) in [5.41, 5.74) is 0. The molecule has 0 aromatic carbocycles. The summed E-state index contributed by atoms with van der Waals surface area (Å²) >= 11 is 0. The molecule has 1 unspecified atom stereocenters. The molecule has 0 aromatic rings. The van der Waals surface area contributed by atoms with Crippen molar-refractivity contribution in [3.63, 3.8) is 0 Å². The van der Waals surface area contributed by atoms with Crippen LogP contribution in [0.5, 0.6) is 0 Å². The van der Waals surface area contributed by atoms with Gasteiger partial charge < -0.3 is 14.2 Å². The lowest BCUT2D eigenvalue weighted by Gasteiger charge is -2.18. The fraction of sp³-hybridized carbons (Fsp3) is 0.475. The van der Waals surface area contributed by atoms with Gasteiger partial charge in [0.25, 0.3) is 0 Å². The van der Waals surface area contributed by atoms with E-state index >= 15 is 0 Å². The Morgan fingerprint density at radius 2 is 0.554 bits per heavy atom. The van der Waals surface area contributed by atoms with E-state index in [1.165, 1.54) is 0 Å². The van der Waals surface area contributed by atoms with Crippen LogP contribution < -0.4 is 0 Å². The molecule has 0 heterocycles. The number of unbranched alkanes of at least 4 members (excludes halogenated alkanes) is 2. The Morgan fingerprint density at radius 1 is 0.308 bits per heavy atom. The first kappa shape index (κ1) is 59.8. The molecule has 0 aromatic heterocycles. The molecule has 0 bridgehead atoms. The third kappa shape index (κ3) is 49.6. The zero-order chi connectivity index (χ0) is 47.2. The van der Waals surface area contributed by atoms with Gasteiger partial charge in [-0.25, -0.2) is 0 Å². The maximum absolute atomic E-state index is 12.8. The number of ether oxygens (including phenoxy) is 3. The van der Waals surface area contributed by atoms with Crippen molar-refractivity contribution in [2.75, 3.05) is 13.2 Å². The van der Waals surface area contributed by atoms with Gasteiger partial charge in [-0.1, -0.05) is 191 Å². The number of hydrogen-bond donors (Lipinski definition) is 0. The van der Waals surface area contributed by atoms with E-state index in [1.807, 2.05) is 12.2 Å². The van der Waals surface area contributed by atoms with E-state index in [4.69, 9.17) is 14.2 Å². The average Bonchev–Trinajstić information content (AvgIpc) is 3.30. The summed E-state index contributed by atoms with van der Waals surface area (Å²) in [6, 6.07) is 0. The van der Waals surface area contributed by atoms with Crippen LogP contribution in [0.2, 0.25) is 0 Å². The van der Waals surface area contributed by atoms with Gasteiger partial charge in [-0.15, -0.1) is 0 Å². The first-order valence-electron chi connectivity index (χ1n) is 24.6. The molecule has 65 heavy (non-hydrogen) atoms. The summed E-state index contributed by atoms with van der Waals surface area (Å²) in [5, 5.41) is 0. The number of allylic oxidation sites excluding steroid dienone is 28. The fourth-order valence-corrected chi connectivity index (χ4v) is 5.64. The Kier molecular flexibility index (Phi) is 47.3. The maximum atomic E-state index is 12.8. The molecule has 6 nitrogen and oxygen atoms in total. The molecular formula is C59H86O6. The standard InChI is InChI=1S/C59H86O6/c1-4-7-10-13-16-19-22-24-26-28-29-31-32-34-37-40-43-46-49-52-58(61)64-55-56(54-63-57(60)51-48-45-42-39-36-21-18-15-12-9-6-3)65-59(62)53-50-47-44-41-38-35-33-30-27-25-23-20-17-14-11-8-5-2/h7-12,16-21,24-27,29,31,33-35,37,39,41-44,46,56H,4-6,13-15,22-23,28,30,32,36,38,40,45,47-55H2,1-3H3/b10-7-,11-8-,12-9-,19-16-,20-17-,21-18-,26-24-,27-25-,31-29-,35-33-,37-34-,42-39-,44-41-,46-43-. The SMILES string of the molecule is CC/C=C\C/C=C\C/C=C\C/C=C\C/C=C\C/C=C\CCC(=O)OCC(COC(=O)CCC/C=C\C/C=C\C/C=C\CC)OC(=O)CCC/C=C\C/C=C\C/C=C\C/C=C\C/C=C\CC. The van der Waals surface area contributed by atoms with Crippen molar-refractivity contribution >= 4 is 17.9 Å². The molecule has 0 rings (SSSR count). The lowest BCUT2D eigenvalue weighted by atomic mass is 10.2. The van der Waals surface area contributed by atoms with E-state index in [-0.39, 0.29) is 38.4 Å². The van der Waals surface area contributed by atoms with Crippen LogP contribution >= 0.6 is 0 Å². The zero-order valence-corrected chi connectivity index (χ0v) is 40.7. The molecule has 0 spiro atoms. The normalized spacial score (nSPS) is 13.6. The van der Waals surface area contributed by atoms with Gasteiger partial charge in [0.05, 0.1) is 0 Å². The predicted octanol–water partition coefficient (Wildman–Crippen LogP) is 16.4. The first-order chi connectivity index (χ1) is 32.0. The van der Waals surface area contributed by atoms with E-state index in [9.17, 15) is 14.4 Å². The molecule has 0 amide bonds. The summed E-state index contributed by atoms with van der Waals surface area (Å²) in [6.07, 6.45) is 76.5. The summed E-state index contributed by atoms with van der Waals surface area (Å²) in [5.74, 6) is -1.17. The topological polar surface area (TPSA) is 78.9 Å². The monoisotopic (exact) mass is 891 g/mol. The molecule has 358 valence electrons. The van der Waals surface area contributed by atoms with Crippen molar-refractivity contribution in [3.05, 3.63) is 170 Å². The van der Waals surface area contributed by atoms with Gasteiger partial charge in [0.2, 0.25) is 0 Å². The second-order valence-corrected chi connectivity index (χ2v) is 15.2. The van der Waals surface area contributed by atoms with Crippen LogP contribution in [0.1, 0.15) is 162 Å². The summed E-state index contributed by atoms with van der Waals surface area (Å²) in [4.78, 5) is 37.8. The van der Waals surface area contributed by atoms with Crippen molar-refractivity contribution in [1.29, 1.82) is 0 Å². The molecule has 0 fully saturated rings. The van der Waals surface area contributed by atoms with Crippen molar-refractivity contribution in [2.45, 2.75) is 168 Å². The molecule has 0 N–H and O–H groups in total. The van der Waals surface area contributed by atoms with Gasteiger partial charge in [0.15, 0.2) is 6.10 Å². The minimum atomic E-state index is -0.867. The summed E-state index contributed by atoms with van der Waals surface area (Å²) < 4.78 is 16.6. The van der Waals surface area contributed by atoms with Crippen LogP contribution in [-0.2, 0) is 28.6 Å². The van der Waals surface area contributed by atoms with Gasteiger partial charge in [-0.2, -0.15) is 0 Å². The van der Waals surface area contributed by atoms with Crippen LogP contribution in [0, 0.1) is 0 Å². The van der Waals surface area contributed by atoms with E-state index in [2.05, 4.69) is 179 Å². The van der Waals surface area contributed by atoms with E-state index in [1.54, 1.807) is 0 Å². The Bertz CT molecular complexity index is 1590. The van der Waals surface area contributed by atoms with Crippen LogP contribution in [-0.4, -0.2) is 37.2 Å². The molecule has 6 heteroatoms. The molecular weight excluding hydrogens is 805 g/mol. The van der Waals surface area contributed by atoms with Gasteiger partial charge in [0, 0.05) is 19.3 Å². The Balaban J connectivity index is 4.67. The third-order valence-electron chi connectivity index (χ3n) is 9.21. The maximum Gasteiger partial charge on any atom is 0.306 e. The predicted molar refractivity (Wildman–Crippen MR) is 278 cm³/mol. The van der Waals surface area contributed by atoms with Crippen molar-refractivity contribution in [3.8, 4) is 0 Å². The number of carbonyl (C=O) groups is 3. The van der Waals surface area contributed by atoms with E-state index in [0.29, 0.717) is 19.3 Å². The molecule has 0 saturated heterocycles. The lowest BCUT2D eigenvalue weighted by Crippen LogP contribution is -2.30. The number of esters is 3. The van der Waals surface area contributed by atoms with Gasteiger partial charge in [-0.3, -0.25) is 14.4 Å². The van der Waals surface area contributed by atoms with Crippen molar-refractivity contribution < 1.29 is 28.6 Å². The smallest absolute Gasteiger partial charge is 0.306 e.